The van der Waals surface area contributed by atoms with Crippen LogP contribution in [0.25, 0.3) is 27.6 Å². The maximum atomic E-state index is 12.9. The zero-order valence-corrected chi connectivity index (χ0v) is 14.5. The Hall–Kier alpha value is -3.26. The standard InChI is InChI=1S/C19H17N5O3/c25-18-13-10-14-16(5-8-24(19(14)26)17-3-6-20-22-17)21-15(13)4-7-23(18)11-12-2-1-9-27-12/h3-8,10,12H,1-2,9,11H2,(H,20,22). The Morgan fingerprint density at radius 1 is 1.11 bits per heavy atom. The molecule has 5 heterocycles. The van der Waals surface area contributed by atoms with Crippen LogP contribution in [-0.4, -0.2) is 37.0 Å². The van der Waals surface area contributed by atoms with E-state index in [1.807, 2.05) is 6.07 Å². The molecule has 1 saturated heterocycles. The molecule has 27 heavy (non-hydrogen) atoms. The van der Waals surface area contributed by atoms with Gasteiger partial charge in [0.2, 0.25) is 0 Å². The van der Waals surface area contributed by atoms with Crippen LogP contribution in [-0.2, 0) is 11.3 Å². The Balaban J connectivity index is 1.69. The highest BCUT2D eigenvalue weighted by Crippen LogP contribution is 2.17. The lowest BCUT2D eigenvalue weighted by molar-refractivity contribution is 0.0963. The Morgan fingerprint density at radius 3 is 2.67 bits per heavy atom. The van der Waals surface area contributed by atoms with Gasteiger partial charge in [-0.25, -0.2) is 4.98 Å². The van der Waals surface area contributed by atoms with E-state index in [9.17, 15) is 9.59 Å². The summed E-state index contributed by atoms with van der Waals surface area (Å²) in [6, 6.07) is 6.91. The molecular weight excluding hydrogens is 346 g/mol. The molecule has 1 atom stereocenters. The second-order valence-electron chi connectivity index (χ2n) is 6.70. The van der Waals surface area contributed by atoms with Crippen molar-refractivity contribution in [1.29, 1.82) is 0 Å². The summed E-state index contributed by atoms with van der Waals surface area (Å²) in [5, 5.41) is 7.48. The minimum Gasteiger partial charge on any atom is -0.376 e. The SMILES string of the molecule is O=c1c2cc3c(=O)n(-c4ccn[nH]4)ccc3nc2ccn1CC1CCCO1. The average molecular weight is 363 g/mol. The van der Waals surface area contributed by atoms with Gasteiger partial charge in [-0.2, -0.15) is 5.10 Å². The molecule has 1 unspecified atom stereocenters. The van der Waals surface area contributed by atoms with Crippen LogP contribution in [0.15, 0.2) is 52.4 Å². The number of nitrogens with one attached hydrogen (secondary N) is 1. The second-order valence-corrected chi connectivity index (χ2v) is 6.70. The number of aromatic amines is 1. The number of hydrogen-bond donors (Lipinski definition) is 1. The van der Waals surface area contributed by atoms with E-state index in [0.29, 0.717) is 34.2 Å². The van der Waals surface area contributed by atoms with Crippen LogP contribution in [0, 0.1) is 0 Å². The molecule has 8 heteroatoms. The van der Waals surface area contributed by atoms with Gasteiger partial charge >= 0.3 is 0 Å². The largest absolute Gasteiger partial charge is 0.376 e. The van der Waals surface area contributed by atoms with Gasteiger partial charge in [-0.15, -0.1) is 0 Å². The van der Waals surface area contributed by atoms with E-state index < -0.39 is 0 Å². The van der Waals surface area contributed by atoms with Crippen molar-refractivity contribution < 1.29 is 4.74 Å². The summed E-state index contributed by atoms with van der Waals surface area (Å²) in [7, 11) is 0. The van der Waals surface area contributed by atoms with Crippen LogP contribution in [0.3, 0.4) is 0 Å². The lowest BCUT2D eigenvalue weighted by Crippen LogP contribution is -2.26. The Labute approximate surface area is 153 Å². The number of ether oxygens (including phenoxy) is 1. The molecule has 0 aliphatic carbocycles. The predicted molar refractivity (Wildman–Crippen MR) is 100 cm³/mol. The van der Waals surface area contributed by atoms with Crippen LogP contribution in [0.5, 0.6) is 0 Å². The monoisotopic (exact) mass is 363 g/mol. The van der Waals surface area contributed by atoms with Crippen LogP contribution in [0.2, 0.25) is 0 Å². The average Bonchev–Trinajstić information content (AvgIpc) is 3.38. The van der Waals surface area contributed by atoms with Crippen molar-refractivity contribution in [3.8, 4) is 5.82 Å². The number of nitrogens with zero attached hydrogens (tertiary/aromatic N) is 4. The fraction of sp³-hybridized carbons (Fsp3) is 0.263. The highest BCUT2D eigenvalue weighted by Gasteiger charge is 2.17. The minimum atomic E-state index is -0.250. The van der Waals surface area contributed by atoms with Gasteiger partial charge in [-0.05, 0) is 31.0 Å². The Bertz CT molecular complexity index is 1250. The highest BCUT2D eigenvalue weighted by atomic mass is 16.5. The third-order valence-corrected chi connectivity index (χ3v) is 4.99. The summed E-state index contributed by atoms with van der Waals surface area (Å²) in [6.07, 6.45) is 7.01. The maximum Gasteiger partial charge on any atom is 0.265 e. The third kappa shape index (κ3) is 2.65. The molecule has 1 aliphatic rings. The number of pyridine rings is 3. The molecule has 1 aliphatic heterocycles. The molecule has 4 aromatic rings. The first-order valence-electron chi connectivity index (χ1n) is 8.87. The molecule has 1 fully saturated rings. The van der Waals surface area contributed by atoms with Gasteiger partial charge in [0.15, 0.2) is 0 Å². The fourth-order valence-electron chi connectivity index (χ4n) is 3.59. The minimum absolute atomic E-state index is 0.0613. The van der Waals surface area contributed by atoms with Crippen molar-refractivity contribution in [3.63, 3.8) is 0 Å². The van der Waals surface area contributed by atoms with E-state index in [4.69, 9.17) is 4.74 Å². The normalized spacial score (nSPS) is 17.1. The van der Waals surface area contributed by atoms with E-state index in [2.05, 4.69) is 15.2 Å². The quantitative estimate of drug-likeness (QED) is 0.558. The first kappa shape index (κ1) is 16.0. The summed E-state index contributed by atoms with van der Waals surface area (Å²) in [5.74, 6) is 0.561. The molecule has 0 aromatic carbocycles. The zero-order chi connectivity index (χ0) is 18.4. The molecule has 5 rings (SSSR count). The van der Waals surface area contributed by atoms with Gasteiger partial charge < -0.3 is 9.30 Å². The molecular formula is C19H17N5O3. The Kier molecular flexibility index (Phi) is 3.64. The van der Waals surface area contributed by atoms with Crippen molar-refractivity contribution in [2.75, 3.05) is 6.61 Å². The summed E-state index contributed by atoms with van der Waals surface area (Å²) < 4.78 is 8.73. The van der Waals surface area contributed by atoms with Gasteiger partial charge in [0.05, 0.1) is 40.7 Å². The molecule has 4 aromatic heterocycles. The topological polar surface area (TPSA) is 94.8 Å². The Morgan fingerprint density at radius 2 is 1.93 bits per heavy atom. The van der Waals surface area contributed by atoms with Crippen molar-refractivity contribution in [3.05, 3.63) is 63.6 Å². The highest BCUT2D eigenvalue weighted by molar-refractivity contribution is 5.91. The fourth-order valence-corrected chi connectivity index (χ4v) is 3.59. The van der Waals surface area contributed by atoms with Gasteiger partial charge in [-0.3, -0.25) is 19.3 Å². The molecule has 1 N–H and O–H groups in total. The van der Waals surface area contributed by atoms with E-state index in [1.165, 1.54) is 4.57 Å². The first-order chi connectivity index (χ1) is 13.2. The predicted octanol–water partition coefficient (Wildman–Crippen LogP) is 1.60. The second kappa shape index (κ2) is 6.17. The summed E-state index contributed by atoms with van der Waals surface area (Å²) >= 11 is 0. The lowest BCUT2D eigenvalue weighted by Gasteiger charge is -2.12. The zero-order valence-electron chi connectivity index (χ0n) is 14.5. The number of H-pyrrole nitrogens is 1. The van der Waals surface area contributed by atoms with Crippen molar-refractivity contribution in [1.82, 2.24) is 24.3 Å². The van der Waals surface area contributed by atoms with E-state index >= 15 is 0 Å². The van der Waals surface area contributed by atoms with E-state index in [0.717, 1.165) is 19.4 Å². The van der Waals surface area contributed by atoms with Crippen molar-refractivity contribution >= 4 is 21.8 Å². The number of aromatic nitrogens is 5. The summed E-state index contributed by atoms with van der Waals surface area (Å²) in [5.41, 5.74) is 0.725. The maximum absolute atomic E-state index is 12.9. The van der Waals surface area contributed by atoms with Gasteiger partial charge in [0, 0.05) is 25.1 Å². The van der Waals surface area contributed by atoms with Gasteiger partial charge in [0.25, 0.3) is 11.1 Å². The summed E-state index contributed by atoms with van der Waals surface area (Å²) in [6.45, 7) is 1.26. The van der Waals surface area contributed by atoms with Gasteiger partial charge in [-0.1, -0.05) is 0 Å². The number of rotatable bonds is 3. The summed E-state index contributed by atoms with van der Waals surface area (Å²) in [4.78, 5) is 30.3. The molecule has 8 nitrogen and oxygen atoms in total. The van der Waals surface area contributed by atoms with Gasteiger partial charge in [0.1, 0.15) is 5.82 Å². The third-order valence-electron chi connectivity index (χ3n) is 4.99. The van der Waals surface area contributed by atoms with Crippen molar-refractivity contribution in [2.24, 2.45) is 0 Å². The van der Waals surface area contributed by atoms with Crippen molar-refractivity contribution in [2.45, 2.75) is 25.5 Å². The lowest BCUT2D eigenvalue weighted by atomic mass is 10.2. The smallest absolute Gasteiger partial charge is 0.265 e. The molecule has 0 amide bonds. The van der Waals surface area contributed by atoms with E-state index in [1.54, 1.807) is 41.4 Å². The molecule has 0 spiro atoms. The van der Waals surface area contributed by atoms with Crippen LogP contribution >= 0.6 is 0 Å². The number of fused-ring (bicyclic) bond motifs is 2. The van der Waals surface area contributed by atoms with Crippen LogP contribution in [0.4, 0.5) is 0 Å². The van der Waals surface area contributed by atoms with Crippen LogP contribution in [0.1, 0.15) is 12.8 Å². The van der Waals surface area contributed by atoms with E-state index in [-0.39, 0.29) is 17.2 Å². The molecule has 0 radical (unpaired) electrons. The van der Waals surface area contributed by atoms with Crippen LogP contribution < -0.4 is 11.1 Å². The molecule has 136 valence electrons. The molecule has 0 bridgehead atoms. The first-order valence-corrected chi connectivity index (χ1v) is 8.87. The number of hydrogen-bond acceptors (Lipinski definition) is 5. The molecule has 0 saturated carbocycles.